The van der Waals surface area contributed by atoms with Gasteiger partial charge in [0.05, 0.1) is 36.9 Å². The molecule has 31 heavy (non-hydrogen) atoms. The summed E-state index contributed by atoms with van der Waals surface area (Å²) in [6.45, 7) is 3.19. The number of hydrogen-bond acceptors (Lipinski definition) is 5. The summed E-state index contributed by atoms with van der Waals surface area (Å²) in [5.74, 6) is 0.545. The first-order valence-corrected chi connectivity index (χ1v) is 12.9. The van der Waals surface area contributed by atoms with Crippen LogP contribution < -0.4 is 0 Å². The van der Waals surface area contributed by atoms with E-state index in [-0.39, 0.29) is 30.9 Å². The Hall–Kier alpha value is -0.690. The molecule has 8 unspecified atom stereocenters. The molecule has 3 N–H and O–H groups in total. The summed E-state index contributed by atoms with van der Waals surface area (Å²) in [5.41, 5.74) is 0. The molecule has 6 heteroatoms. The Balaban J connectivity index is 1.49. The topological polar surface area (TPSA) is 90.2 Å². The van der Waals surface area contributed by atoms with Crippen molar-refractivity contribution in [2.75, 3.05) is 19.8 Å². The minimum atomic E-state index is -0.904. The molecule has 1 heterocycles. The monoisotopic (exact) mass is 437 g/mol. The molecule has 0 aromatic heterocycles. The molecule has 1 saturated heterocycles. The normalized spacial score (nSPS) is 42.3. The summed E-state index contributed by atoms with van der Waals surface area (Å²) in [4.78, 5) is 15.7. The lowest BCUT2D eigenvalue weighted by atomic mass is 9.70. The zero-order valence-corrected chi connectivity index (χ0v) is 19.2. The van der Waals surface area contributed by atoms with Gasteiger partial charge >= 0.3 is 0 Å². The molecule has 3 saturated carbocycles. The zero-order chi connectivity index (χ0) is 22.0. The first-order valence-electron chi connectivity index (χ1n) is 12.9. The minimum Gasteiger partial charge on any atom is -0.394 e. The Kier molecular flexibility index (Phi) is 7.95. The molecule has 1 amide bonds. The van der Waals surface area contributed by atoms with E-state index in [1.807, 2.05) is 11.8 Å². The van der Waals surface area contributed by atoms with Crippen LogP contribution in [0.1, 0.15) is 77.6 Å². The van der Waals surface area contributed by atoms with Gasteiger partial charge in [-0.2, -0.15) is 0 Å². The number of carbonyl (C=O) groups is 1. The molecule has 4 rings (SSSR count). The third kappa shape index (κ3) is 4.97. The fourth-order valence-corrected chi connectivity index (χ4v) is 7.04. The average Bonchev–Trinajstić information content (AvgIpc) is 2.79. The van der Waals surface area contributed by atoms with Crippen LogP contribution in [0.25, 0.3) is 0 Å². The molecule has 0 radical (unpaired) electrons. The number of rotatable bonds is 5. The highest BCUT2D eigenvalue weighted by Gasteiger charge is 2.50. The molecular formula is C25H43NO5. The van der Waals surface area contributed by atoms with Crippen molar-refractivity contribution in [2.24, 2.45) is 29.6 Å². The van der Waals surface area contributed by atoms with Gasteiger partial charge in [-0.25, -0.2) is 0 Å². The largest absolute Gasteiger partial charge is 0.394 e. The van der Waals surface area contributed by atoms with Crippen molar-refractivity contribution in [2.45, 2.75) is 102 Å². The maximum Gasteiger partial charge on any atom is 0.231 e. The smallest absolute Gasteiger partial charge is 0.231 e. The van der Waals surface area contributed by atoms with Crippen LogP contribution in [0.5, 0.6) is 0 Å². The summed E-state index contributed by atoms with van der Waals surface area (Å²) in [6, 6.07) is -0.153. The Bertz CT molecular complexity index is 594. The van der Waals surface area contributed by atoms with E-state index in [0.717, 1.165) is 25.7 Å². The second-order valence-corrected chi connectivity index (χ2v) is 10.8. The number of hydrogen-bond donors (Lipinski definition) is 3. The number of amides is 1. The van der Waals surface area contributed by atoms with Crippen molar-refractivity contribution in [3.05, 3.63) is 0 Å². The standard InChI is InChI=1S/C25H43NO5/c1-16-21(28)13-22(29)23(24(16)31-15-17-7-3-2-4-8-17)25(30)26-12-11-18-9-5-6-10-19(18)20(26)14-27/h16-24,27-29H,2-15H2,1H3. The van der Waals surface area contributed by atoms with Crippen molar-refractivity contribution in [3.63, 3.8) is 0 Å². The fraction of sp³-hybridized carbons (Fsp3) is 0.960. The number of aliphatic hydroxyl groups excluding tert-OH is 3. The minimum absolute atomic E-state index is 0.0124. The third-order valence-electron chi connectivity index (χ3n) is 8.98. The van der Waals surface area contributed by atoms with E-state index < -0.39 is 24.2 Å². The van der Waals surface area contributed by atoms with Gasteiger partial charge in [0.25, 0.3) is 0 Å². The van der Waals surface area contributed by atoms with Gasteiger partial charge < -0.3 is 25.0 Å². The molecule has 4 aliphatic rings. The van der Waals surface area contributed by atoms with E-state index in [4.69, 9.17) is 4.74 Å². The van der Waals surface area contributed by atoms with Gasteiger partial charge in [-0.15, -0.1) is 0 Å². The van der Waals surface area contributed by atoms with Gasteiger partial charge in [0.15, 0.2) is 0 Å². The highest BCUT2D eigenvalue weighted by atomic mass is 16.5. The quantitative estimate of drug-likeness (QED) is 0.615. The van der Waals surface area contributed by atoms with Crippen molar-refractivity contribution < 1.29 is 24.9 Å². The van der Waals surface area contributed by atoms with Crippen LogP contribution >= 0.6 is 0 Å². The number of fused-ring (bicyclic) bond motifs is 1. The second-order valence-electron chi connectivity index (χ2n) is 10.8. The Morgan fingerprint density at radius 1 is 0.968 bits per heavy atom. The third-order valence-corrected chi connectivity index (χ3v) is 8.98. The summed E-state index contributed by atoms with van der Waals surface area (Å²) < 4.78 is 6.35. The summed E-state index contributed by atoms with van der Waals surface area (Å²) in [6.07, 6.45) is 9.92. The van der Waals surface area contributed by atoms with Crippen molar-refractivity contribution in [3.8, 4) is 0 Å². The van der Waals surface area contributed by atoms with Crippen LogP contribution in [0.15, 0.2) is 0 Å². The van der Waals surface area contributed by atoms with E-state index in [1.54, 1.807) is 0 Å². The predicted octanol–water partition coefficient (Wildman–Crippen LogP) is 2.73. The average molecular weight is 438 g/mol. The van der Waals surface area contributed by atoms with E-state index in [2.05, 4.69) is 0 Å². The van der Waals surface area contributed by atoms with Crippen LogP contribution in [-0.4, -0.2) is 70.2 Å². The van der Waals surface area contributed by atoms with Crippen LogP contribution in [0.3, 0.4) is 0 Å². The molecule has 0 aromatic carbocycles. The second kappa shape index (κ2) is 10.5. The summed E-state index contributed by atoms with van der Waals surface area (Å²) in [7, 11) is 0. The Morgan fingerprint density at radius 3 is 2.42 bits per heavy atom. The molecule has 3 aliphatic carbocycles. The number of likely N-dealkylation sites (tertiary alicyclic amines) is 1. The van der Waals surface area contributed by atoms with Crippen LogP contribution in [-0.2, 0) is 9.53 Å². The first-order chi connectivity index (χ1) is 15.0. The van der Waals surface area contributed by atoms with E-state index in [0.29, 0.717) is 30.9 Å². The molecular weight excluding hydrogens is 394 g/mol. The number of nitrogens with zero attached hydrogens (tertiary/aromatic N) is 1. The lowest BCUT2D eigenvalue weighted by Crippen LogP contribution is -2.61. The molecule has 0 spiro atoms. The highest BCUT2D eigenvalue weighted by Crippen LogP contribution is 2.42. The van der Waals surface area contributed by atoms with Gasteiger partial charge in [0.2, 0.25) is 5.91 Å². The zero-order valence-electron chi connectivity index (χ0n) is 19.2. The van der Waals surface area contributed by atoms with E-state index in [9.17, 15) is 20.1 Å². The number of carbonyl (C=O) groups excluding carboxylic acids is 1. The van der Waals surface area contributed by atoms with Crippen LogP contribution in [0.4, 0.5) is 0 Å². The number of aliphatic hydroxyl groups is 3. The van der Waals surface area contributed by atoms with Crippen molar-refractivity contribution >= 4 is 5.91 Å². The fourth-order valence-electron chi connectivity index (χ4n) is 7.04. The van der Waals surface area contributed by atoms with Crippen molar-refractivity contribution in [1.82, 2.24) is 4.90 Å². The van der Waals surface area contributed by atoms with E-state index >= 15 is 0 Å². The van der Waals surface area contributed by atoms with Gasteiger partial charge in [-0.3, -0.25) is 4.79 Å². The molecule has 178 valence electrons. The summed E-state index contributed by atoms with van der Waals surface area (Å²) >= 11 is 0. The maximum atomic E-state index is 13.8. The van der Waals surface area contributed by atoms with Crippen LogP contribution in [0, 0.1) is 29.6 Å². The van der Waals surface area contributed by atoms with Gasteiger partial charge in [0.1, 0.15) is 0 Å². The molecule has 1 aliphatic heterocycles. The highest BCUT2D eigenvalue weighted by molar-refractivity contribution is 5.81. The van der Waals surface area contributed by atoms with Crippen LogP contribution in [0.2, 0.25) is 0 Å². The maximum absolute atomic E-state index is 13.8. The number of ether oxygens (including phenoxy) is 1. The Morgan fingerprint density at radius 2 is 1.68 bits per heavy atom. The number of piperidine rings is 1. The van der Waals surface area contributed by atoms with Gasteiger partial charge in [-0.05, 0) is 43.4 Å². The van der Waals surface area contributed by atoms with Gasteiger partial charge in [0, 0.05) is 25.5 Å². The van der Waals surface area contributed by atoms with Gasteiger partial charge in [-0.1, -0.05) is 45.4 Å². The molecule has 0 bridgehead atoms. The predicted molar refractivity (Wildman–Crippen MR) is 118 cm³/mol. The molecule has 6 nitrogen and oxygen atoms in total. The molecule has 8 atom stereocenters. The lowest BCUT2D eigenvalue weighted by Gasteiger charge is -2.50. The SMILES string of the molecule is CC1C(O)CC(O)C(C(=O)N2CCC3CCCCC3C2CO)C1OCC1CCCCC1. The molecule has 4 fully saturated rings. The van der Waals surface area contributed by atoms with E-state index in [1.165, 1.54) is 38.5 Å². The first kappa shape index (κ1) is 23.5. The Labute approximate surface area is 187 Å². The lowest BCUT2D eigenvalue weighted by molar-refractivity contribution is -0.176. The van der Waals surface area contributed by atoms with Crippen molar-refractivity contribution in [1.29, 1.82) is 0 Å². The summed E-state index contributed by atoms with van der Waals surface area (Å²) in [5, 5.41) is 31.6. The molecule has 0 aromatic rings.